The molecule has 20 heavy (non-hydrogen) atoms. The molecule has 1 aliphatic rings. The summed E-state index contributed by atoms with van der Waals surface area (Å²) in [6, 6.07) is 9.97. The predicted octanol–water partition coefficient (Wildman–Crippen LogP) is 0.557. The lowest BCUT2D eigenvalue weighted by atomic mass is 10.0. The highest BCUT2D eigenvalue weighted by Crippen LogP contribution is 2.25. The molecule has 0 saturated carbocycles. The van der Waals surface area contributed by atoms with Crippen LogP contribution < -0.4 is 5.32 Å². The first kappa shape index (κ1) is 15.0. The number of β-amino-alcohol motifs (C(OH)–C–C–N with tert-alkyl or cyclic N) is 1. The van der Waals surface area contributed by atoms with E-state index < -0.39 is 6.10 Å². The van der Waals surface area contributed by atoms with Crippen LogP contribution in [0.2, 0.25) is 0 Å². The number of benzene rings is 1. The molecule has 1 aliphatic heterocycles. The van der Waals surface area contributed by atoms with E-state index in [-0.39, 0.29) is 11.9 Å². The van der Waals surface area contributed by atoms with Crippen molar-refractivity contribution in [3.8, 4) is 0 Å². The van der Waals surface area contributed by atoms with Gasteiger partial charge < -0.3 is 15.2 Å². The zero-order valence-electron chi connectivity index (χ0n) is 11.8. The van der Waals surface area contributed by atoms with Gasteiger partial charge in [0.2, 0.25) is 5.91 Å². The number of aliphatic hydroxyl groups excluding tert-OH is 1. The lowest BCUT2D eigenvalue weighted by molar-refractivity contribution is -0.121. The highest BCUT2D eigenvalue weighted by atomic mass is 16.5. The maximum Gasteiger partial charge on any atom is 0.221 e. The Morgan fingerprint density at radius 1 is 1.45 bits per heavy atom. The first-order valence-electron chi connectivity index (χ1n) is 6.93. The van der Waals surface area contributed by atoms with Crippen LogP contribution in [-0.4, -0.2) is 55.4 Å². The molecule has 0 spiro atoms. The van der Waals surface area contributed by atoms with E-state index in [1.54, 1.807) is 7.11 Å². The Morgan fingerprint density at radius 3 is 2.90 bits per heavy atom. The summed E-state index contributed by atoms with van der Waals surface area (Å²) in [5.74, 6) is 0.0579. The second-order valence-corrected chi connectivity index (χ2v) is 5.08. The Balaban J connectivity index is 2.14. The van der Waals surface area contributed by atoms with E-state index in [1.165, 1.54) is 0 Å². The lowest BCUT2D eigenvalue weighted by Gasteiger charge is -2.31. The number of aliphatic hydroxyl groups is 1. The fourth-order valence-corrected chi connectivity index (χ4v) is 2.61. The van der Waals surface area contributed by atoms with Crippen LogP contribution in [0.25, 0.3) is 0 Å². The summed E-state index contributed by atoms with van der Waals surface area (Å²) < 4.78 is 4.98. The van der Waals surface area contributed by atoms with Gasteiger partial charge in [-0.3, -0.25) is 9.69 Å². The highest BCUT2D eigenvalue weighted by molar-refractivity contribution is 5.77. The van der Waals surface area contributed by atoms with Crippen LogP contribution >= 0.6 is 0 Å². The number of nitrogens with one attached hydrogen (secondary N) is 1. The first-order valence-corrected chi connectivity index (χ1v) is 6.93. The Kier molecular flexibility index (Phi) is 5.52. The average molecular weight is 278 g/mol. The van der Waals surface area contributed by atoms with Crippen LogP contribution in [0.5, 0.6) is 0 Å². The number of hydrogen-bond acceptors (Lipinski definition) is 4. The van der Waals surface area contributed by atoms with Crippen LogP contribution in [0.15, 0.2) is 30.3 Å². The zero-order valence-corrected chi connectivity index (χ0v) is 11.8. The summed E-state index contributed by atoms with van der Waals surface area (Å²) in [7, 11) is 1.57. The quantitative estimate of drug-likeness (QED) is 0.826. The zero-order chi connectivity index (χ0) is 14.4. The molecule has 1 aromatic rings. The Hall–Kier alpha value is -1.43. The summed E-state index contributed by atoms with van der Waals surface area (Å²) >= 11 is 0. The maximum absolute atomic E-state index is 11.8. The van der Waals surface area contributed by atoms with Crippen molar-refractivity contribution in [1.82, 2.24) is 10.2 Å². The molecule has 110 valence electrons. The number of amides is 1. The minimum atomic E-state index is -0.542. The minimum Gasteiger partial charge on any atom is -0.389 e. The molecule has 5 nitrogen and oxygen atoms in total. The molecular formula is C15H22N2O3. The second kappa shape index (κ2) is 7.38. The van der Waals surface area contributed by atoms with Gasteiger partial charge in [0.15, 0.2) is 0 Å². The third-order valence-corrected chi connectivity index (χ3v) is 3.53. The summed E-state index contributed by atoms with van der Waals surface area (Å²) in [6.45, 7) is 2.15. The van der Waals surface area contributed by atoms with E-state index in [2.05, 4.69) is 10.2 Å². The van der Waals surface area contributed by atoms with E-state index in [9.17, 15) is 9.90 Å². The number of carbonyl (C=O) groups is 1. The SMILES string of the molecule is COC[C@H](O)CN1CCNC(=O)CC1c1ccccc1. The topological polar surface area (TPSA) is 61.8 Å². The van der Waals surface area contributed by atoms with Gasteiger partial charge in [-0.05, 0) is 5.56 Å². The standard InChI is InChI=1S/C15H22N2O3/c1-20-11-13(18)10-17-8-7-16-15(19)9-14(17)12-5-3-2-4-6-12/h2-6,13-14,18H,7-11H2,1H3,(H,16,19)/t13-,14?/m1/s1. The summed E-state index contributed by atoms with van der Waals surface area (Å²) in [4.78, 5) is 13.9. The molecule has 1 heterocycles. The van der Waals surface area contributed by atoms with Crippen molar-refractivity contribution in [3.63, 3.8) is 0 Å². The molecule has 5 heteroatoms. The Morgan fingerprint density at radius 2 is 2.20 bits per heavy atom. The molecule has 1 unspecified atom stereocenters. The van der Waals surface area contributed by atoms with Gasteiger partial charge in [0, 0.05) is 39.2 Å². The molecule has 1 fully saturated rings. The van der Waals surface area contributed by atoms with Gasteiger partial charge in [0.05, 0.1) is 12.7 Å². The number of carbonyl (C=O) groups excluding carboxylic acids is 1. The molecule has 0 aromatic heterocycles. The van der Waals surface area contributed by atoms with E-state index >= 15 is 0 Å². The van der Waals surface area contributed by atoms with Crippen molar-refractivity contribution in [1.29, 1.82) is 0 Å². The third kappa shape index (κ3) is 4.03. The van der Waals surface area contributed by atoms with Crippen molar-refractivity contribution in [2.24, 2.45) is 0 Å². The van der Waals surface area contributed by atoms with Crippen molar-refractivity contribution in [2.75, 3.05) is 33.4 Å². The molecule has 0 radical (unpaired) electrons. The average Bonchev–Trinajstić information content (AvgIpc) is 2.62. The van der Waals surface area contributed by atoms with Crippen molar-refractivity contribution in [2.45, 2.75) is 18.6 Å². The number of ether oxygens (including phenoxy) is 1. The van der Waals surface area contributed by atoms with Gasteiger partial charge in [-0.25, -0.2) is 0 Å². The minimum absolute atomic E-state index is 0.00482. The summed E-state index contributed by atoms with van der Waals surface area (Å²) in [5, 5.41) is 12.8. The molecule has 0 bridgehead atoms. The fourth-order valence-electron chi connectivity index (χ4n) is 2.61. The van der Waals surface area contributed by atoms with Crippen molar-refractivity contribution in [3.05, 3.63) is 35.9 Å². The van der Waals surface area contributed by atoms with Crippen LogP contribution in [0.3, 0.4) is 0 Å². The molecule has 2 rings (SSSR count). The monoisotopic (exact) mass is 278 g/mol. The number of hydrogen-bond donors (Lipinski definition) is 2. The molecule has 1 aromatic carbocycles. The van der Waals surface area contributed by atoms with Crippen LogP contribution in [0, 0.1) is 0 Å². The molecule has 2 N–H and O–H groups in total. The largest absolute Gasteiger partial charge is 0.389 e. The Labute approximate surface area is 119 Å². The van der Waals surface area contributed by atoms with Crippen LogP contribution in [-0.2, 0) is 9.53 Å². The van der Waals surface area contributed by atoms with Gasteiger partial charge in [-0.1, -0.05) is 30.3 Å². The molecule has 1 saturated heterocycles. The van der Waals surface area contributed by atoms with Crippen LogP contribution in [0.1, 0.15) is 18.0 Å². The smallest absolute Gasteiger partial charge is 0.221 e. The third-order valence-electron chi connectivity index (χ3n) is 3.53. The van der Waals surface area contributed by atoms with E-state index in [4.69, 9.17) is 4.74 Å². The van der Waals surface area contributed by atoms with E-state index in [0.717, 1.165) is 12.1 Å². The van der Waals surface area contributed by atoms with E-state index in [1.807, 2.05) is 30.3 Å². The van der Waals surface area contributed by atoms with Crippen molar-refractivity contribution >= 4 is 5.91 Å². The summed E-state index contributed by atoms with van der Waals surface area (Å²) in [6.07, 6.45) is -0.122. The molecule has 0 aliphatic carbocycles. The molecular weight excluding hydrogens is 256 g/mol. The number of rotatable bonds is 5. The van der Waals surface area contributed by atoms with Gasteiger partial charge in [0.1, 0.15) is 0 Å². The Bertz CT molecular complexity index is 424. The van der Waals surface area contributed by atoms with Crippen molar-refractivity contribution < 1.29 is 14.6 Å². The van der Waals surface area contributed by atoms with Gasteiger partial charge in [-0.2, -0.15) is 0 Å². The maximum atomic E-state index is 11.8. The fraction of sp³-hybridized carbons (Fsp3) is 0.533. The number of nitrogens with zero attached hydrogens (tertiary/aromatic N) is 1. The van der Waals surface area contributed by atoms with Crippen LogP contribution in [0.4, 0.5) is 0 Å². The first-order chi connectivity index (χ1) is 9.70. The lowest BCUT2D eigenvalue weighted by Crippen LogP contribution is -2.38. The van der Waals surface area contributed by atoms with Gasteiger partial charge >= 0.3 is 0 Å². The highest BCUT2D eigenvalue weighted by Gasteiger charge is 2.27. The molecule has 1 amide bonds. The van der Waals surface area contributed by atoms with Gasteiger partial charge in [0.25, 0.3) is 0 Å². The normalized spacial score (nSPS) is 22.1. The predicted molar refractivity (Wildman–Crippen MR) is 76.3 cm³/mol. The molecule has 2 atom stereocenters. The number of methoxy groups -OCH3 is 1. The van der Waals surface area contributed by atoms with Gasteiger partial charge in [-0.15, -0.1) is 0 Å². The second-order valence-electron chi connectivity index (χ2n) is 5.08. The summed E-state index contributed by atoms with van der Waals surface area (Å²) in [5.41, 5.74) is 1.11. The van der Waals surface area contributed by atoms with E-state index in [0.29, 0.717) is 26.1 Å².